The molecule has 2 heterocycles. The number of likely N-dealkylation sites (tertiary alicyclic amines) is 1. The van der Waals surface area contributed by atoms with Crippen molar-refractivity contribution in [2.24, 2.45) is 0 Å². The molecule has 1 amide bonds. The Bertz CT molecular complexity index is 316. The van der Waals surface area contributed by atoms with Crippen LogP contribution in [0.25, 0.3) is 0 Å². The quantitative estimate of drug-likeness (QED) is 0.667. The lowest BCUT2D eigenvalue weighted by atomic mass is 9.79. The molecule has 0 aromatic heterocycles. The highest BCUT2D eigenvalue weighted by Gasteiger charge is 2.60. The van der Waals surface area contributed by atoms with Crippen molar-refractivity contribution in [3.63, 3.8) is 0 Å². The molecule has 2 N–H and O–H groups in total. The largest absolute Gasteiger partial charge is 0.444 e. The number of amides is 1. The minimum absolute atomic E-state index is 0.118. The van der Waals surface area contributed by atoms with Crippen LogP contribution in [0.4, 0.5) is 4.79 Å². The number of nitrogens with zero attached hydrogens (tertiary/aromatic N) is 1. The summed E-state index contributed by atoms with van der Waals surface area (Å²) < 4.78 is 5.40. The van der Waals surface area contributed by atoms with Crippen molar-refractivity contribution in [2.45, 2.75) is 63.9 Å². The molecule has 2 rings (SSSR count). The average Bonchev–Trinajstić information content (AvgIpc) is 2.62. The summed E-state index contributed by atoms with van der Waals surface area (Å²) in [6.45, 7) is 8.22. The Morgan fingerprint density at radius 1 is 1.53 bits per heavy atom. The fraction of sp³-hybridized carbons (Fsp3) is 0.917. The van der Waals surface area contributed by atoms with Crippen LogP contribution >= 0.6 is 0 Å². The van der Waals surface area contributed by atoms with Crippen LogP contribution in [0.1, 0.15) is 40.5 Å². The van der Waals surface area contributed by atoms with Gasteiger partial charge in [-0.25, -0.2) is 4.79 Å². The summed E-state index contributed by atoms with van der Waals surface area (Å²) in [7, 11) is 0. The van der Waals surface area contributed by atoms with E-state index in [1.54, 1.807) is 4.90 Å². The first-order valence-electron chi connectivity index (χ1n) is 6.22. The zero-order chi connectivity index (χ0) is 12.8. The number of hydrogen-bond acceptors (Lipinski definition) is 4. The van der Waals surface area contributed by atoms with Crippen LogP contribution in [0.15, 0.2) is 0 Å². The Kier molecular flexibility index (Phi) is 2.86. The maximum Gasteiger partial charge on any atom is 0.410 e. The molecule has 98 valence electrons. The van der Waals surface area contributed by atoms with Gasteiger partial charge in [0.05, 0.1) is 0 Å². The molecule has 5 nitrogen and oxygen atoms in total. The third kappa shape index (κ3) is 1.91. The van der Waals surface area contributed by atoms with E-state index in [1.807, 2.05) is 27.7 Å². The number of hydrogen-bond donors (Lipinski definition) is 2. The van der Waals surface area contributed by atoms with Crippen LogP contribution in [-0.2, 0) is 4.74 Å². The van der Waals surface area contributed by atoms with Crippen LogP contribution in [0.5, 0.6) is 0 Å². The van der Waals surface area contributed by atoms with Gasteiger partial charge in [0.1, 0.15) is 17.4 Å². The van der Waals surface area contributed by atoms with Crippen LogP contribution in [-0.4, -0.2) is 46.1 Å². The lowest BCUT2D eigenvalue weighted by Crippen LogP contribution is -2.79. The van der Waals surface area contributed by atoms with Crippen molar-refractivity contribution >= 4 is 6.09 Å². The molecule has 3 atom stereocenters. The molecule has 2 fully saturated rings. The molecule has 2 aliphatic heterocycles. The lowest BCUT2D eigenvalue weighted by Gasteiger charge is -2.55. The number of carbonyl (C=O) groups is 1. The van der Waals surface area contributed by atoms with Gasteiger partial charge in [-0.1, -0.05) is 0 Å². The molecule has 3 unspecified atom stereocenters. The summed E-state index contributed by atoms with van der Waals surface area (Å²) in [5.41, 5.74) is -0.950. The predicted molar refractivity (Wildman–Crippen MR) is 63.5 cm³/mol. The number of carbonyl (C=O) groups excluding carboxylic acids is 1. The van der Waals surface area contributed by atoms with Gasteiger partial charge in [-0.15, -0.1) is 0 Å². The molecular weight excluding hydrogens is 220 g/mol. The lowest BCUT2D eigenvalue weighted by molar-refractivity contribution is -0.122. The SMILES string of the molecule is CC1NC(O)C12CCCN2C(=O)OC(C)(C)C. The smallest absolute Gasteiger partial charge is 0.410 e. The molecule has 1 spiro atoms. The summed E-state index contributed by atoms with van der Waals surface area (Å²) in [6.07, 6.45) is 0.805. The summed E-state index contributed by atoms with van der Waals surface area (Å²) in [5.74, 6) is 0. The van der Waals surface area contributed by atoms with Crippen LogP contribution in [0.2, 0.25) is 0 Å². The summed E-state index contributed by atoms with van der Waals surface area (Å²) >= 11 is 0. The number of nitrogens with one attached hydrogen (secondary N) is 1. The molecular formula is C12H22N2O3. The summed E-state index contributed by atoms with van der Waals surface area (Å²) in [6, 6.07) is 0.118. The molecule has 0 bridgehead atoms. The van der Waals surface area contributed by atoms with E-state index in [0.717, 1.165) is 12.8 Å². The zero-order valence-electron chi connectivity index (χ0n) is 11.0. The van der Waals surface area contributed by atoms with Gasteiger partial charge in [-0.2, -0.15) is 0 Å². The van der Waals surface area contributed by atoms with E-state index >= 15 is 0 Å². The van der Waals surface area contributed by atoms with Crippen molar-refractivity contribution in [1.82, 2.24) is 10.2 Å². The minimum Gasteiger partial charge on any atom is -0.444 e. The zero-order valence-corrected chi connectivity index (χ0v) is 11.0. The van der Waals surface area contributed by atoms with Gasteiger partial charge < -0.3 is 9.84 Å². The van der Waals surface area contributed by atoms with Gasteiger partial charge >= 0.3 is 6.09 Å². The van der Waals surface area contributed by atoms with Crippen molar-refractivity contribution in [2.75, 3.05) is 6.54 Å². The van der Waals surface area contributed by atoms with E-state index in [1.165, 1.54) is 0 Å². The number of rotatable bonds is 0. The monoisotopic (exact) mass is 242 g/mol. The molecule has 0 saturated carbocycles. The van der Waals surface area contributed by atoms with Crippen molar-refractivity contribution in [3.05, 3.63) is 0 Å². The highest BCUT2D eigenvalue weighted by Crippen LogP contribution is 2.41. The van der Waals surface area contributed by atoms with Crippen LogP contribution in [0.3, 0.4) is 0 Å². The molecule has 0 aliphatic carbocycles. The van der Waals surface area contributed by atoms with E-state index in [0.29, 0.717) is 6.54 Å². The van der Waals surface area contributed by atoms with Gasteiger partial charge in [-0.05, 0) is 40.5 Å². The molecule has 2 aliphatic rings. The van der Waals surface area contributed by atoms with Crippen molar-refractivity contribution in [3.8, 4) is 0 Å². The minimum atomic E-state index is -0.632. The standard InChI is InChI=1S/C12H22N2O3/c1-8-12(9(15)13-8)6-5-7-14(12)10(16)17-11(2,3)4/h8-9,13,15H,5-7H2,1-4H3. The van der Waals surface area contributed by atoms with Crippen LogP contribution in [0, 0.1) is 0 Å². The fourth-order valence-electron chi connectivity index (χ4n) is 2.84. The second-order valence-corrected chi connectivity index (χ2v) is 6.02. The van der Waals surface area contributed by atoms with Gasteiger partial charge in [0.15, 0.2) is 0 Å². The topological polar surface area (TPSA) is 61.8 Å². The second-order valence-electron chi connectivity index (χ2n) is 6.02. The number of aliphatic hydroxyl groups excluding tert-OH is 1. The van der Waals surface area contributed by atoms with Crippen LogP contribution < -0.4 is 5.32 Å². The Morgan fingerprint density at radius 2 is 2.18 bits per heavy atom. The maximum absolute atomic E-state index is 12.1. The average molecular weight is 242 g/mol. The second kappa shape index (κ2) is 3.85. The molecule has 5 heteroatoms. The summed E-state index contributed by atoms with van der Waals surface area (Å²) in [5, 5.41) is 12.9. The van der Waals surface area contributed by atoms with E-state index < -0.39 is 17.4 Å². The predicted octanol–water partition coefficient (Wildman–Crippen LogP) is 1.07. The van der Waals surface area contributed by atoms with E-state index in [4.69, 9.17) is 4.74 Å². The first kappa shape index (κ1) is 12.6. The Morgan fingerprint density at radius 3 is 2.65 bits per heavy atom. The molecule has 0 aromatic carbocycles. The molecule has 0 radical (unpaired) electrons. The Balaban J connectivity index is 2.13. The summed E-state index contributed by atoms with van der Waals surface area (Å²) in [4.78, 5) is 13.8. The fourth-order valence-corrected chi connectivity index (χ4v) is 2.84. The third-order valence-corrected chi connectivity index (χ3v) is 3.71. The Hall–Kier alpha value is -0.810. The maximum atomic E-state index is 12.1. The highest BCUT2D eigenvalue weighted by molar-refractivity contribution is 5.70. The van der Waals surface area contributed by atoms with Crippen molar-refractivity contribution in [1.29, 1.82) is 0 Å². The first-order chi connectivity index (χ1) is 7.77. The number of aliphatic hydroxyl groups is 1. The van der Waals surface area contributed by atoms with E-state index in [2.05, 4.69) is 5.32 Å². The van der Waals surface area contributed by atoms with Gasteiger partial charge in [0.2, 0.25) is 0 Å². The van der Waals surface area contributed by atoms with Crippen molar-refractivity contribution < 1.29 is 14.6 Å². The Labute approximate surface area is 102 Å². The normalized spacial score (nSPS) is 37.1. The molecule has 2 saturated heterocycles. The van der Waals surface area contributed by atoms with Gasteiger partial charge in [0, 0.05) is 12.6 Å². The third-order valence-electron chi connectivity index (χ3n) is 3.71. The first-order valence-corrected chi connectivity index (χ1v) is 6.22. The molecule has 17 heavy (non-hydrogen) atoms. The molecule has 0 aromatic rings. The van der Waals surface area contributed by atoms with Gasteiger partial charge in [-0.3, -0.25) is 10.2 Å². The van der Waals surface area contributed by atoms with E-state index in [9.17, 15) is 9.90 Å². The highest BCUT2D eigenvalue weighted by atomic mass is 16.6. The van der Waals surface area contributed by atoms with Gasteiger partial charge in [0.25, 0.3) is 0 Å². The van der Waals surface area contributed by atoms with E-state index in [-0.39, 0.29) is 12.1 Å². The number of ether oxygens (including phenoxy) is 1.